The first-order valence-corrected chi connectivity index (χ1v) is 11.2. The Balaban J connectivity index is 1.64. The largest absolute Gasteiger partial charge is 0.507 e. The fraction of sp³-hybridized carbons (Fsp3) is 0.333. The molecule has 0 saturated carbocycles. The van der Waals surface area contributed by atoms with E-state index >= 15 is 0 Å². The van der Waals surface area contributed by atoms with Crippen LogP contribution < -0.4 is 0 Å². The molecule has 6 nitrogen and oxygen atoms in total. The number of rotatable bonds is 6. The lowest BCUT2D eigenvalue weighted by Crippen LogP contribution is -2.38. The predicted molar refractivity (Wildman–Crippen MR) is 121 cm³/mol. The van der Waals surface area contributed by atoms with Crippen LogP contribution in [0.15, 0.2) is 64.6 Å². The molecule has 2 fully saturated rings. The number of carbonyl (C=O) groups is 2. The summed E-state index contributed by atoms with van der Waals surface area (Å²) in [7, 11) is 0. The van der Waals surface area contributed by atoms with Crippen LogP contribution in [0.3, 0.4) is 0 Å². The van der Waals surface area contributed by atoms with Gasteiger partial charge in [-0.05, 0) is 24.1 Å². The van der Waals surface area contributed by atoms with Crippen molar-refractivity contribution in [3.8, 4) is 0 Å². The van der Waals surface area contributed by atoms with E-state index in [4.69, 9.17) is 4.74 Å². The highest BCUT2D eigenvalue weighted by atomic mass is 79.9. The van der Waals surface area contributed by atoms with Crippen molar-refractivity contribution in [1.82, 2.24) is 9.80 Å². The summed E-state index contributed by atoms with van der Waals surface area (Å²) < 4.78 is 6.26. The van der Waals surface area contributed by atoms with E-state index in [9.17, 15) is 14.7 Å². The Kier molecular flexibility index (Phi) is 6.85. The lowest BCUT2D eigenvalue weighted by atomic mass is 9.95. The zero-order chi connectivity index (χ0) is 21.8. The van der Waals surface area contributed by atoms with E-state index in [1.54, 1.807) is 29.2 Å². The summed E-state index contributed by atoms with van der Waals surface area (Å²) in [5.74, 6) is -1.34. The average Bonchev–Trinajstić information content (AvgIpc) is 3.05. The number of ether oxygens (including phenoxy) is 1. The van der Waals surface area contributed by atoms with E-state index in [2.05, 4.69) is 20.8 Å². The number of carbonyl (C=O) groups excluding carboxylic acids is 2. The maximum absolute atomic E-state index is 13.0. The van der Waals surface area contributed by atoms with Crippen LogP contribution in [0.2, 0.25) is 0 Å². The highest BCUT2D eigenvalue weighted by Gasteiger charge is 2.45. The number of benzene rings is 2. The molecule has 1 atom stereocenters. The van der Waals surface area contributed by atoms with Crippen LogP contribution in [0.1, 0.15) is 23.6 Å². The molecule has 7 heteroatoms. The summed E-state index contributed by atoms with van der Waals surface area (Å²) in [5, 5.41) is 11.0. The van der Waals surface area contributed by atoms with Crippen molar-refractivity contribution in [3.63, 3.8) is 0 Å². The summed E-state index contributed by atoms with van der Waals surface area (Å²) in [6.07, 6.45) is 0.745. The summed E-state index contributed by atoms with van der Waals surface area (Å²) in [4.78, 5) is 29.9. The number of Topliss-reactive ketones (excluding diaryl/α,β-unsaturated/α-hetero) is 1. The molecule has 2 aromatic carbocycles. The first kappa shape index (κ1) is 21.7. The van der Waals surface area contributed by atoms with Gasteiger partial charge in [0.15, 0.2) is 0 Å². The quantitative estimate of drug-likeness (QED) is 0.385. The van der Waals surface area contributed by atoms with E-state index < -0.39 is 17.7 Å². The third kappa shape index (κ3) is 4.74. The maximum Gasteiger partial charge on any atom is 0.295 e. The SMILES string of the molecule is O=C1C(=O)N(CCCN2CCOCC2)C(c2ccccc2)/C1=C(\O)c1ccc(Br)cc1. The smallest absolute Gasteiger partial charge is 0.295 e. The number of amides is 1. The van der Waals surface area contributed by atoms with Gasteiger partial charge in [-0.3, -0.25) is 14.5 Å². The average molecular weight is 485 g/mol. The number of halogens is 1. The van der Waals surface area contributed by atoms with E-state index in [0.717, 1.165) is 49.3 Å². The monoisotopic (exact) mass is 484 g/mol. The van der Waals surface area contributed by atoms with Crippen LogP contribution in [0, 0.1) is 0 Å². The summed E-state index contributed by atoms with van der Waals surface area (Å²) in [6, 6.07) is 15.9. The Hall–Kier alpha value is -2.48. The molecule has 2 heterocycles. The van der Waals surface area contributed by atoms with E-state index in [1.165, 1.54) is 0 Å². The minimum absolute atomic E-state index is 0.143. The number of hydrogen-bond acceptors (Lipinski definition) is 5. The van der Waals surface area contributed by atoms with Crippen LogP contribution in [0.25, 0.3) is 5.76 Å². The Bertz CT molecular complexity index is 969. The first-order valence-electron chi connectivity index (χ1n) is 10.5. The number of ketones is 1. The third-order valence-corrected chi connectivity index (χ3v) is 6.28. The normalized spacial score (nSPS) is 21.6. The topological polar surface area (TPSA) is 70.1 Å². The van der Waals surface area contributed by atoms with Crippen LogP contribution in [-0.2, 0) is 14.3 Å². The number of morpholine rings is 1. The minimum atomic E-state index is -0.638. The molecular formula is C24H25BrN2O4. The minimum Gasteiger partial charge on any atom is -0.507 e. The maximum atomic E-state index is 13.0. The van der Waals surface area contributed by atoms with Gasteiger partial charge in [-0.15, -0.1) is 0 Å². The van der Waals surface area contributed by atoms with Crippen molar-refractivity contribution in [1.29, 1.82) is 0 Å². The number of nitrogens with zero attached hydrogens (tertiary/aromatic N) is 2. The second-order valence-corrected chi connectivity index (χ2v) is 8.63. The van der Waals surface area contributed by atoms with Crippen molar-refractivity contribution in [2.75, 3.05) is 39.4 Å². The van der Waals surface area contributed by atoms with E-state index in [0.29, 0.717) is 12.1 Å². The Labute approximate surface area is 190 Å². The molecule has 1 amide bonds. The van der Waals surface area contributed by atoms with Gasteiger partial charge in [-0.1, -0.05) is 58.4 Å². The van der Waals surface area contributed by atoms with Crippen LogP contribution in [0.4, 0.5) is 0 Å². The fourth-order valence-corrected chi connectivity index (χ4v) is 4.41. The summed E-state index contributed by atoms with van der Waals surface area (Å²) in [5.41, 5.74) is 1.46. The Morgan fingerprint density at radius 3 is 2.35 bits per heavy atom. The lowest BCUT2D eigenvalue weighted by Gasteiger charge is -2.29. The zero-order valence-electron chi connectivity index (χ0n) is 17.2. The molecule has 162 valence electrons. The van der Waals surface area contributed by atoms with Gasteiger partial charge in [0.25, 0.3) is 11.7 Å². The molecule has 0 aromatic heterocycles. The third-order valence-electron chi connectivity index (χ3n) is 5.75. The van der Waals surface area contributed by atoms with Crippen LogP contribution in [-0.4, -0.2) is 66.0 Å². The molecule has 2 aromatic rings. The first-order chi connectivity index (χ1) is 15.1. The molecule has 1 N–H and O–H groups in total. The standard InChI is InChI=1S/C24H25BrN2O4/c25-19-9-7-18(8-10-19)22(28)20-21(17-5-2-1-3-6-17)27(24(30)23(20)29)12-4-11-26-13-15-31-16-14-26/h1-3,5-10,21,28H,4,11-16H2/b22-20+. The van der Waals surface area contributed by atoms with Crippen molar-refractivity contribution in [3.05, 3.63) is 75.8 Å². The van der Waals surface area contributed by atoms with Gasteiger partial charge < -0.3 is 14.7 Å². The second kappa shape index (κ2) is 9.77. The molecule has 2 aliphatic rings. The van der Waals surface area contributed by atoms with Gasteiger partial charge in [-0.2, -0.15) is 0 Å². The fourth-order valence-electron chi connectivity index (χ4n) is 4.15. The van der Waals surface area contributed by atoms with Gasteiger partial charge in [0.05, 0.1) is 24.8 Å². The number of likely N-dealkylation sites (tertiary alicyclic amines) is 1. The number of hydrogen-bond donors (Lipinski definition) is 1. The Morgan fingerprint density at radius 1 is 1.00 bits per heavy atom. The molecule has 31 heavy (non-hydrogen) atoms. The predicted octanol–water partition coefficient (Wildman–Crippen LogP) is 3.59. The second-order valence-electron chi connectivity index (χ2n) is 7.72. The molecule has 0 radical (unpaired) electrons. The molecule has 1 unspecified atom stereocenters. The van der Waals surface area contributed by atoms with Gasteiger partial charge in [0, 0.05) is 36.2 Å². The van der Waals surface area contributed by atoms with Gasteiger partial charge >= 0.3 is 0 Å². The van der Waals surface area contributed by atoms with Crippen molar-refractivity contribution < 1.29 is 19.4 Å². The summed E-state index contributed by atoms with van der Waals surface area (Å²) in [6.45, 7) is 4.48. The van der Waals surface area contributed by atoms with Crippen LogP contribution >= 0.6 is 15.9 Å². The van der Waals surface area contributed by atoms with E-state index in [-0.39, 0.29) is 11.3 Å². The number of aliphatic hydroxyl groups excluding tert-OH is 1. The molecule has 2 aliphatic heterocycles. The lowest BCUT2D eigenvalue weighted by molar-refractivity contribution is -0.140. The molecular weight excluding hydrogens is 460 g/mol. The molecule has 0 spiro atoms. The number of aliphatic hydroxyl groups is 1. The van der Waals surface area contributed by atoms with Crippen LogP contribution in [0.5, 0.6) is 0 Å². The summed E-state index contributed by atoms with van der Waals surface area (Å²) >= 11 is 3.38. The molecule has 0 aliphatic carbocycles. The van der Waals surface area contributed by atoms with Crippen molar-refractivity contribution in [2.24, 2.45) is 0 Å². The molecule has 4 rings (SSSR count). The highest BCUT2D eigenvalue weighted by Crippen LogP contribution is 2.39. The molecule has 0 bridgehead atoms. The van der Waals surface area contributed by atoms with Gasteiger partial charge in [0.2, 0.25) is 0 Å². The van der Waals surface area contributed by atoms with Crippen molar-refractivity contribution in [2.45, 2.75) is 12.5 Å². The van der Waals surface area contributed by atoms with Gasteiger partial charge in [-0.25, -0.2) is 0 Å². The zero-order valence-corrected chi connectivity index (χ0v) is 18.8. The Morgan fingerprint density at radius 2 is 1.68 bits per heavy atom. The highest BCUT2D eigenvalue weighted by molar-refractivity contribution is 9.10. The van der Waals surface area contributed by atoms with Gasteiger partial charge in [0.1, 0.15) is 5.76 Å². The van der Waals surface area contributed by atoms with E-state index in [1.807, 2.05) is 30.3 Å². The molecule has 2 saturated heterocycles. The van der Waals surface area contributed by atoms with Crippen molar-refractivity contribution >= 4 is 33.4 Å².